The highest BCUT2D eigenvalue weighted by Gasteiger charge is 2.51. The zero-order chi connectivity index (χ0) is 20.0. The molecule has 4 bridgehead atoms. The van der Waals surface area contributed by atoms with Crippen molar-refractivity contribution in [2.75, 3.05) is 11.1 Å². The van der Waals surface area contributed by atoms with E-state index in [4.69, 9.17) is 5.73 Å². The second-order valence-electron chi connectivity index (χ2n) is 9.40. The van der Waals surface area contributed by atoms with Gasteiger partial charge in [-0.25, -0.2) is 4.79 Å². The first kappa shape index (κ1) is 18.4. The minimum absolute atomic E-state index is 0.115. The summed E-state index contributed by atoms with van der Waals surface area (Å²) in [5, 5.41) is 2.94. The normalized spacial score (nSPS) is 29.7. The Balaban J connectivity index is 1.22. The number of amides is 1. The Morgan fingerprint density at radius 3 is 2.28 bits per heavy atom. The Morgan fingerprint density at radius 1 is 1.07 bits per heavy atom. The Bertz CT molecular complexity index is 944. The highest BCUT2D eigenvalue weighted by Crippen LogP contribution is 2.60. The van der Waals surface area contributed by atoms with Crippen LogP contribution in [0.1, 0.15) is 50.5 Å². The van der Waals surface area contributed by atoms with Gasteiger partial charge in [0, 0.05) is 24.8 Å². The molecule has 0 unspecified atom stereocenters. The van der Waals surface area contributed by atoms with Gasteiger partial charge in [-0.1, -0.05) is 12.1 Å². The van der Waals surface area contributed by atoms with E-state index in [1.54, 1.807) is 12.3 Å². The predicted octanol–water partition coefficient (Wildman–Crippen LogP) is 3.32. The SMILES string of the molecule is Nc1ccn(CCC(=O)Nc2ccc(C34CC5CC(CC(C5)C3)C4)cc2)c(=O)n1. The van der Waals surface area contributed by atoms with E-state index < -0.39 is 5.69 Å². The van der Waals surface area contributed by atoms with E-state index in [-0.39, 0.29) is 24.7 Å². The minimum atomic E-state index is -0.433. The fraction of sp³-hybridized carbons (Fsp3) is 0.522. The molecule has 1 aromatic carbocycles. The van der Waals surface area contributed by atoms with E-state index in [1.807, 2.05) is 12.1 Å². The number of carbonyl (C=O) groups excluding carboxylic acids is 1. The van der Waals surface area contributed by atoms with Crippen LogP contribution in [0.5, 0.6) is 0 Å². The minimum Gasteiger partial charge on any atom is -0.383 e. The fourth-order valence-corrected chi connectivity index (χ4v) is 6.43. The Kier molecular flexibility index (Phi) is 4.45. The van der Waals surface area contributed by atoms with Crippen molar-refractivity contribution in [1.29, 1.82) is 0 Å². The summed E-state index contributed by atoms with van der Waals surface area (Å²) >= 11 is 0. The monoisotopic (exact) mass is 392 g/mol. The third-order valence-corrected chi connectivity index (χ3v) is 7.29. The maximum atomic E-state index is 12.3. The Morgan fingerprint density at radius 2 is 1.69 bits per heavy atom. The summed E-state index contributed by atoms with van der Waals surface area (Å²) in [7, 11) is 0. The number of nitrogens with zero attached hydrogens (tertiary/aromatic N) is 2. The molecule has 29 heavy (non-hydrogen) atoms. The van der Waals surface area contributed by atoms with Crippen molar-refractivity contribution in [3.8, 4) is 0 Å². The average molecular weight is 393 g/mol. The lowest BCUT2D eigenvalue weighted by molar-refractivity contribution is -0.116. The highest BCUT2D eigenvalue weighted by molar-refractivity contribution is 5.90. The molecule has 4 aliphatic carbocycles. The number of hydrogen-bond donors (Lipinski definition) is 2. The number of rotatable bonds is 5. The van der Waals surface area contributed by atoms with Crippen LogP contribution >= 0.6 is 0 Å². The lowest BCUT2D eigenvalue weighted by Crippen LogP contribution is -2.48. The summed E-state index contributed by atoms with van der Waals surface area (Å²) in [5.74, 6) is 2.84. The van der Waals surface area contributed by atoms with Gasteiger partial charge in [0.2, 0.25) is 5.91 Å². The third kappa shape index (κ3) is 3.56. The van der Waals surface area contributed by atoms with E-state index in [9.17, 15) is 9.59 Å². The summed E-state index contributed by atoms with van der Waals surface area (Å²) in [4.78, 5) is 27.7. The lowest BCUT2D eigenvalue weighted by Gasteiger charge is -2.57. The molecule has 0 atom stereocenters. The van der Waals surface area contributed by atoms with Crippen molar-refractivity contribution in [2.24, 2.45) is 17.8 Å². The molecule has 1 aromatic heterocycles. The maximum absolute atomic E-state index is 12.3. The fourth-order valence-electron chi connectivity index (χ4n) is 6.43. The summed E-state index contributed by atoms with van der Waals surface area (Å²) in [5.41, 5.74) is 7.70. The lowest BCUT2D eigenvalue weighted by atomic mass is 9.48. The van der Waals surface area contributed by atoms with Gasteiger partial charge < -0.3 is 11.1 Å². The van der Waals surface area contributed by atoms with Gasteiger partial charge in [-0.15, -0.1) is 0 Å². The number of carbonyl (C=O) groups is 1. The van der Waals surface area contributed by atoms with Crippen molar-refractivity contribution in [2.45, 2.75) is 56.9 Å². The van der Waals surface area contributed by atoms with Crippen LogP contribution in [-0.4, -0.2) is 15.5 Å². The molecule has 0 spiro atoms. The van der Waals surface area contributed by atoms with E-state index in [1.165, 1.54) is 48.7 Å². The van der Waals surface area contributed by atoms with Crippen molar-refractivity contribution in [3.63, 3.8) is 0 Å². The quantitative estimate of drug-likeness (QED) is 0.817. The molecule has 0 saturated heterocycles. The zero-order valence-electron chi connectivity index (χ0n) is 16.6. The van der Waals surface area contributed by atoms with Crippen molar-refractivity contribution in [1.82, 2.24) is 9.55 Å². The molecule has 6 rings (SSSR count). The predicted molar refractivity (Wildman–Crippen MR) is 112 cm³/mol. The first-order chi connectivity index (χ1) is 14.0. The summed E-state index contributed by atoms with van der Waals surface area (Å²) < 4.78 is 1.39. The van der Waals surface area contributed by atoms with Gasteiger partial charge in [-0.2, -0.15) is 4.98 Å². The van der Waals surface area contributed by atoms with Gasteiger partial charge in [0.05, 0.1) is 0 Å². The van der Waals surface area contributed by atoms with Crippen LogP contribution < -0.4 is 16.7 Å². The molecule has 4 saturated carbocycles. The van der Waals surface area contributed by atoms with Gasteiger partial charge >= 0.3 is 5.69 Å². The number of aromatic nitrogens is 2. The average Bonchev–Trinajstić information content (AvgIpc) is 2.67. The van der Waals surface area contributed by atoms with E-state index in [0.29, 0.717) is 5.41 Å². The molecule has 2 aromatic rings. The van der Waals surface area contributed by atoms with Crippen molar-refractivity contribution >= 4 is 17.4 Å². The second kappa shape index (κ2) is 7.01. The van der Waals surface area contributed by atoms with Gasteiger partial charge in [-0.05, 0) is 85.5 Å². The van der Waals surface area contributed by atoms with Crippen LogP contribution in [-0.2, 0) is 16.8 Å². The van der Waals surface area contributed by atoms with Crippen molar-refractivity contribution in [3.05, 3.63) is 52.6 Å². The first-order valence-electron chi connectivity index (χ1n) is 10.7. The molecule has 6 nitrogen and oxygen atoms in total. The Hall–Kier alpha value is -2.63. The molecular weight excluding hydrogens is 364 g/mol. The third-order valence-electron chi connectivity index (χ3n) is 7.29. The number of anilines is 2. The smallest absolute Gasteiger partial charge is 0.349 e. The summed E-state index contributed by atoms with van der Waals surface area (Å²) in [6.07, 6.45) is 10.1. The van der Waals surface area contributed by atoms with E-state index in [2.05, 4.69) is 22.4 Å². The highest BCUT2D eigenvalue weighted by atomic mass is 16.2. The number of nitrogen functional groups attached to an aromatic ring is 1. The van der Waals surface area contributed by atoms with Gasteiger partial charge in [0.15, 0.2) is 0 Å². The number of nitrogens with two attached hydrogens (primary N) is 1. The molecule has 4 fully saturated rings. The standard InChI is InChI=1S/C23H28N4O2/c24-20-5-7-27(22(29)26-20)8-6-21(28)25-19-3-1-18(2-4-19)23-12-15-9-16(13-23)11-17(10-15)14-23/h1-5,7,15-17H,6,8-14H2,(H,25,28)(H2,24,26,29). The Labute approximate surface area is 170 Å². The molecule has 3 N–H and O–H groups in total. The molecule has 0 aliphatic heterocycles. The van der Waals surface area contributed by atoms with E-state index in [0.717, 1.165) is 23.4 Å². The summed E-state index contributed by atoms with van der Waals surface area (Å²) in [6.45, 7) is 0.281. The maximum Gasteiger partial charge on any atom is 0.349 e. The van der Waals surface area contributed by atoms with Crippen LogP contribution in [0.4, 0.5) is 11.5 Å². The van der Waals surface area contributed by atoms with Crippen LogP contribution in [0.15, 0.2) is 41.3 Å². The van der Waals surface area contributed by atoms with Crippen molar-refractivity contribution < 1.29 is 4.79 Å². The first-order valence-corrected chi connectivity index (χ1v) is 10.7. The van der Waals surface area contributed by atoms with Crippen LogP contribution in [0, 0.1) is 17.8 Å². The van der Waals surface area contributed by atoms with E-state index >= 15 is 0 Å². The molecule has 1 amide bonds. The molecule has 1 heterocycles. The number of benzene rings is 1. The summed E-state index contributed by atoms with van der Waals surface area (Å²) in [6, 6.07) is 10.1. The van der Waals surface area contributed by atoms with Gasteiger partial charge in [0.1, 0.15) is 5.82 Å². The largest absolute Gasteiger partial charge is 0.383 e. The molecule has 6 heteroatoms. The number of aryl methyl sites for hydroxylation is 1. The second-order valence-corrected chi connectivity index (χ2v) is 9.40. The molecule has 4 aliphatic rings. The van der Waals surface area contributed by atoms with Crippen LogP contribution in [0.3, 0.4) is 0 Å². The number of hydrogen-bond acceptors (Lipinski definition) is 4. The molecule has 0 radical (unpaired) electrons. The van der Waals surface area contributed by atoms with Gasteiger partial charge in [-0.3, -0.25) is 9.36 Å². The topological polar surface area (TPSA) is 90.0 Å². The van der Waals surface area contributed by atoms with Gasteiger partial charge in [0.25, 0.3) is 0 Å². The molecule has 152 valence electrons. The number of nitrogens with one attached hydrogen (secondary N) is 1. The molecular formula is C23H28N4O2. The van der Waals surface area contributed by atoms with Crippen LogP contribution in [0.2, 0.25) is 0 Å². The zero-order valence-corrected chi connectivity index (χ0v) is 16.6. The van der Waals surface area contributed by atoms with Crippen LogP contribution in [0.25, 0.3) is 0 Å².